The predicted octanol–water partition coefficient (Wildman–Crippen LogP) is 5.45. The minimum absolute atomic E-state index is 0.0673. The number of thioether (sulfide) groups is 2. The van der Waals surface area contributed by atoms with Crippen molar-refractivity contribution in [3.05, 3.63) is 83.9 Å². The first-order valence-corrected chi connectivity index (χ1v) is 13.0. The summed E-state index contributed by atoms with van der Waals surface area (Å²) in [6.07, 6.45) is 0. The van der Waals surface area contributed by atoms with Crippen LogP contribution in [0.5, 0.6) is 11.5 Å². The number of ether oxygens (including phenoxy) is 2. The highest BCUT2D eigenvalue weighted by atomic mass is 32.2. The van der Waals surface area contributed by atoms with Crippen LogP contribution in [0.3, 0.4) is 0 Å². The van der Waals surface area contributed by atoms with Gasteiger partial charge in [-0.05, 0) is 35.4 Å². The summed E-state index contributed by atoms with van der Waals surface area (Å²) < 4.78 is 10.5. The largest absolute Gasteiger partial charge is 0.495 e. The number of benzene rings is 3. The van der Waals surface area contributed by atoms with E-state index < -0.39 is 0 Å². The van der Waals surface area contributed by atoms with Gasteiger partial charge in [-0.1, -0.05) is 48.5 Å². The highest BCUT2D eigenvalue weighted by Crippen LogP contribution is 2.25. The van der Waals surface area contributed by atoms with Crippen molar-refractivity contribution in [1.82, 2.24) is 0 Å². The first-order valence-electron chi connectivity index (χ1n) is 10.7. The third-order valence-electron chi connectivity index (χ3n) is 4.76. The number of carbonyl (C=O) groups is 2. The molecule has 0 unspecified atom stereocenters. The molecule has 0 aliphatic rings. The fraction of sp³-hybridized carbons (Fsp3) is 0.231. The number of carbonyl (C=O) groups excluding carboxylic acids is 2. The average Bonchev–Trinajstić information content (AvgIpc) is 2.85. The average molecular weight is 497 g/mol. The third-order valence-corrected chi connectivity index (χ3v) is 6.76. The molecule has 0 heterocycles. The molecule has 34 heavy (non-hydrogen) atoms. The number of methoxy groups -OCH3 is 2. The topological polar surface area (TPSA) is 76.7 Å². The van der Waals surface area contributed by atoms with Gasteiger partial charge in [0.1, 0.15) is 11.5 Å². The molecular weight excluding hydrogens is 468 g/mol. The fourth-order valence-corrected chi connectivity index (χ4v) is 4.75. The fourth-order valence-electron chi connectivity index (χ4n) is 3.20. The monoisotopic (exact) mass is 496 g/mol. The number of para-hydroxylation sites is 4. The number of anilines is 2. The molecule has 0 saturated carbocycles. The van der Waals surface area contributed by atoms with E-state index in [0.29, 0.717) is 34.4 Å². The van der Waals surface area contributed by atoms with Gasteiger partial charge in [-0.3, -0.25) is 9.59 Å². The molecule has 0 radical (unpaired) electrons. The summed E-state index contributed by atoms with van der Waals surface area (Å²) in [5.41, 5.74) is 3.63. The Labute approximate surface area is 208 Å². The van der Waals surface area contributed by atoms with Crippen molar-refractivity contribution in [2.45, 2.75) is 11.5 Å². The summed E-state index contributed by atoms with van der Waals surface area (Å²) in [4.78, 5) is 24.6. The second-order valence-corrected chi connectivity index (χ2v) is 9.27. The van der Waals surface area contributed by atoms with Crippen LogP contribution in [0.25, 0.3) is 0 Å². The summed E-state index contributed by atoms with van der Waals surface area (Å²) in [5, 5.41) is 5.78. The normalized spacial score (nSPS) is 10.4. The number of nitrogens with one attached hydrogen (secondary N) is 2. The second kappa shape index (κ2) is 13.6. The zero-order valence-corrected chi connectivity index (χ0v) is 20.8. The van der Waals surface area contributed by atoms with Gasteiger partial charge in [0.2, 0.25) is 11.8 Å². The highest BCUT2D eigenvalue weighted by Gasteiger charge is 2.09. The van der Waals surface area contributed by atoms with Crippen molar-refractivity contribution in [2.75, 3.05) is 36.4 Å². The van der Waals surface area contributed by atoms with Gasteiger partial charge in [0, 0.05) is 11.5 Å². The molecule has 178 valence electrons. The van der Waals surface area contributed by atoms with E-state index in [-0.39, 0.29) is 11.8 Å². The van der Waals surface area contributed by atoms with Crippen LogP contribution in [0.1, 0.15) is 11.1 Å². The first kappa shape index (κ1) is 25.5. The van der Waals surface area contributed by atoms with Crippen LogP contribution in [0.2, 0.25) is 0 Å². The van der Waals surface area contributed by atoms with E-state index in [0.717, 1.165) is 22.6 Å². The molecule has 2 amide bonds. The Bertz CT molecular complexity index is 1020. The lowest BCUT2D eigenvalue weighted by Crippen LogP contribution is -2.15. The Morgan fingerprint density at radius 1 is 0.676 bits per heavy atom. The van der Waals surface area contributed by atoms with Crippen LogP contribution >= 0.6 is 23.5 Å². The maximum absolute atomic E-state index is 12.3. The lowest BCUT2D eigenvalue weighted by molar-refractivity contribution is -0.114. The van der Waals surface area contributed by atoms with E-state index in [1.54, 1.807) is 37.7 Å². The van der Waals surface area contributed by atoms with Crippen LogP contribution in [0, 0.1) is 0 Å². The number of amides is 2. The number of hydrogen-bond donors (Lipinski definition) is 2. The standard InChI is InChI=1S/C26H28N2O4S2/c1-31-23-12-5-3-10-21(23)27-25(29)17-33-15-19-8-7-9-20(14-19)16-34-18-26(30)28-22-11-4-6-13-24(22)32-2/h3-14H,15-18H2,1-2H3,(H,27,29)(H,28,30). The van der Waals surface area contributed by atoms with Crippen molar-refractivity contribution in [3.8, 4) is 11.5 Å². The van der Waals surface area contributed by atoms with Gasteiger partial charge in [0.15, 0.2) is 0 Å². The van der Waals surface area contributed by atoms with E-state index in [1.165, 1.54) is 0 Å². The van der Waals surface area contributed by atoms with Gasteiger partial charge in [0.25, 0.3) is 0 Å². The van der Waals surface area contributed by atoms with Gasteiger partial charge < -0.3 is 20.1 Å². The molecule has 3 aromatic rings. The maximum atomic E-state index is 12.3. The van der Waals surface area contributed by atoms with Crippen molar-refractivity contribution >= 4 is 46.7 Å². The lowest BCUT2D eigenvalue weighted by atomic mass is 10.2. The summed E-state index contributed by atoms with van der Waals surface area (Å²) >= 11 is 3.11. The van der Waals surface area contributed by atoms with Gasteiger partial charge >= 0.3 is 0 Å². The van der Waals surface area contributed by atoms with Crippen LogP contribution in [0.4, 0.5) is 11.4 Å². The molecule has 0 saturated heterocycles. The van der Waals surface area contributed by atoms with E-state index >= 15 is 0 Å². The molecule has 3 rings (SSSR count). The van der Waals surface area contributed by atoms with Crippen LogP contribution in [-0.2, 0) is 21.1 Å². The molecule has 2 N–H and O–H groups in total. The molecule has 0 aromatic heterocycles. The Balaban J connectivity index is 1.40. The molecule has 0 spiro atoms. The van der Waals surface area contributed by atoms with Crippen molar-refractivity contribution in [2.24, 2.45) is 0 Å². The molecule has 0 aliphatic carbocycles. The molecule has 0 fully saturated rings. The second-order valence-electron chi connectivity index (χ2n) is 7.30. The Hall–Kier alpha value is -3.10. The van der Waals surface area contributed by atoms with Gasteiger partial charge in [-0.2, -0.15) is 0 Å². The van der Waals surface area contributed by atoms with E-state index in [4.69, 9.17) is 9.47 Å². The molecule has 0 bridgehead atoms. The zero-order chi connectivity index (χ0) is 24.2. The maximum Gasteiger partial charge on any atom is 0.234 e. The van der Waals surface area contributed by atoms with Gasteiger partial charge in [0.05, 0.1) is 37.1 Å². The van der Waals surface area contributed by atoms with Crippen molar-refractivity contribution in [3.63, 3.8) is 0 Å². The molecule has 8 heteroatoms. The first-order chi connectivity index (χ1) is 16.6. The smallest absolute Gasteiger partial charge is 0.234 e. The lowest BCUT2D eigenvalue weighted by Gasteiger charge is -2.10. The van der Waals surface area contributed by atoms with Crippen LogP contribution in [0.15, 0.2) is 72.8 Å². The van der Waals surface area contributed by atoms with Gasteiger partial charge in [-0.15, -0.1) is 23.5 Å². The van der Waals surface area contributed by atoms with E-state index in [9.17, 15) is 9.59 Å². The van der Waals surface area contributed by atoms with Crippen molar-refractivity contribution < 1.29 is 19.1 Å². The van der Waals surface area contributed by atoms with Crippen LogP contribution < -0.4 is 20.1 Å². The highest BCUT2D eigenvalue weighted by molar-refractivity contribution is 7.99. The minimum atomic E-state index is -0.0673. The summed E-state index contributed by atoms with van der Waals surface area (Å²) in [6.45, 7) is 0. The number of hydrogen-bond acceptors (Lipinski definition) is 6. The minimum Gasteiger partial charge on any atom is -0.495 e. The molecule has 0 atom stereocenters. The van der Waals surface area contributed by atoms with Gasteiger partial charge in [-0.25, -0.2) is 0 Å². The molecular formula is C26H28N2O4S2. The summed E-state index contributed by atoms with van der Waals surface area (Å²) in [5.74, 6) is 3.30. The van der Waals surface area contributed by atoms with E-state index in [1.807, 2.05) is 66.7 Å². The number of rotatable bonds is 12. The Kier molecular flexibility index (Phi) is 10.2. The summed E-state index contributed by atoms with van der Waals surface area (Å²) in [6, 6.07) is 22.9. The van der Waals surface area contributed by atoms with Crippen LogP contribution in [-0.4, -0.2) is 37.5 Å². The Morgan fingerprint density at radius 2 is 1.12 bits per heavy atom. The summed E-state index contributed by atoms with van der Waals surface area (Å²) in [7, 11) is 3.16. The predicted molar refractivity (Wildman–Crippen MR) is 142 cm³/mol. The van der Waals surface area contributed by atoms with Crippen molar-refractivity contribution in [1.29, 1.82) is 0 Å². The molecule has 0 aliphatic heterocycles. The molecule has 3 aromatic carbocycles. The molecule has 6 nitrogen and oxygen atoms in total. The Morgan fingerprint density at radius 3 is 1.56 bits per heavy atom. The van der Waals surface area contributed by atoms with E-state index in [2.05, 4.69) is 16.7 Å². The SMILES string of the molecule is COc1ccccc1NC(=O)CSCc1cccc(CSCC(=O)Nc2ccccc2OC)c1. The quantitative estimate of drug-likeness (QED) is 0.347. The zero-order valence-electron chi connectivity index (χ0n) is 19.2. The third kappa shape index (κ3) is 8.04.